The molecule has 1 aromatic heterocycles. The van der Waals surface area contributed by atoms with Crippen LogP contribution in [0.1, 0.15) is 46.9 Å². The molecule has 3 nitrogen and oxygen atoms in total. The first kappa shape index (κ1) is 16.3. The summed E-state index contributed by atoms with van der Waals surface area (Å²) in [6.45, 7) is 3.03. The van der Waals surface area contributed by atoms with E-state index < -0.39 is 0 Å². The summed E-state index contributed by atoms with van der Waals surface area (Å²) in [7, 11) is 0. The van der Waals surface area contributed by atoms with E-state index in [1.165, 1.54) is 33.7 Å². The lowest BCUT2D eigenvalue weighted by Gasteiger charge is -2.31. The molecule has 26 heavy (non-hydrogen) atoms. The van der Waals surface area contributed by atoms with Crippen LogP contribution in [0.15, 0.2) is 36.4 Å². The van der Waals surface area contributed by atoms with Crippen molar-refractivity contribution in [3.05, 3.63) is 58.1 Å². The van der Waals surface area contributed by atoms with Crippen molar-refractivity contribution in [1.29, 1.82) is 0 Å². The predicted molar refractivity (Wildman–Crippen MR) is 107 cm³/mol. The number of aromatic nitrogens is 1. The standard InChI is InChI=1S/C22H24N2OS/c25-20-13-17-5-3-4-16(17)12-18(20)14-24-10-8-15(9-11-24)22-23-19-6-1-2-7-21(19)26-22/h1-2,6-7,12-13,15,25H,3-5,8-11,14H2. The number of hydrogen-bond acceptors (Lipinski definition) is 4. The number of phenolic OH excluding ortho intramolecular Hbond substituents is 1. The number of benzene rings is 2. The van der Waals surface area contributed by atoms with Gasteiger partial charge in [0.2, 0.25) is 0 Å². The van der Waals surface area contributed by atoms with Crippen LogP contribution in [0.2, 0.25) is 0 Å². The Morgan fingerprint density at radius 2 is 1.85 bits per heavy atom. The van der Waals surface area contributed by atoms with Gasteiger partial charge in [-0.05, 0) is 74.5 Å². The highest BCUT2D eigenvalue weighted by Gasteiger charge is 2.24. The highest BCUT2D eigenvalue weighted by atomic mass is 32.1. The molecule has 0 spiro atoms. The fourth-order valence-corrected chi connectivity index (χ4v) is 5.57. The Labute approximate surface area is 158 Å². The second-order valence-electron chi connectivity index (χ2n) is 7.67. The molecular weight excluding hydrogens is 340 g/mol. The van der Waals surface area contributed by atoms with E-state index in [1.54, 1.807) is 0 Å². The molecule has 2 heterocycles. The molecule has 2 aliphatic rings. The van der Waals surface area contributed by atoms with E-state index in [-0.39, 0.29) is 0 Å². The van der Waals surface area contributed by atoms with Gasteiger partial charge in [0.15, 0.2) is 0 Å². The van der Waals surface area contributed by atoms with E-state index in [0.717, 1.165) is 50.0 Å². The molecule has 1 saturated heterocycles. The van der Waals surface area contributed by atoms with E-state index in [4.69, 9.17) is 4.98 Å². The molecule has 0 atom stereocenters. The maximum absolute atomic E-state index is 10.4. The van der Waals surface area contributed by atoms with Gasteiger partial charge in [-0.25, -0.2) is 4.98 Å². The average Bonchev–Trinajstić information content (AvgIpc) is 3.29. The predicted octanol–water partition coefficient (Wildman–Crippen LogP) is 4.87. The molecule has 134 valence electrons. The van der Waals surface area contributed by atoms with Crippen molar-refractivity contribution in [1.82, 2.24) is 9.88 Å². The van der Waals surface area contributed by atoms with Crippen molar-refractivity contribution in [3.63, 3.8) is 0 Å². The summed E-state index contributed by atoms with van der Waals surface area (Å²) in [5, 5.41) is 11.7. The van der Waals surface area contributed by atoms with Gasteiger partial charge in [-0.1, -0.05) is 18.2 Å². The average molecular weight is 365 g/mol. The Morgan fingerprint density at radius 3 is 2.65 bits per heavy atom. The minimum Gasteiger partial charge on any atom is -0.508 e. The first-order chi connectivity index (χ1) is 12.8. The third kappa shape index (κ3) is 3.01. The number of hydrogen-bond donors (Lipinski definition) is 1. The molecule has 0 radical (unpaired) electrons. The Bertz CT molecular complexity index is 907. The Kier molecular flexibility index (Phi) is 4.18. The number of aryl methyl sites for hydroxylation is 2. The van der Waals surface area contributed by atoms with Crippen molar-refractivity contribution in [3.8, 4) is 5.75 Å². The molecule has 5 rings (SSSR count). The summed E-state index contributed by atoms with van der Waals surface area (Å²) in [6.07, 6.45) is 5.84. The number of thiazole rings is 1. The van der Waals surface area contributed by atoms with Crippen molar-refractivity contribution in [2.24, 2.45) is 0 Å². The molecule has 1 N–H and O–H groups in total. The summed E-state index contributed by atoms with van der Waals surface area (Å²) in [4.78, 5) is 7.35. The molecule has 3 aromatic rings. The zero-order valence-corrected chi connectivity index (χ0v) is 15.8. The van der Waals surface area contributed by atoms with Crippen molar-refractivity contribution >= 4 is 21.6 Å². The van der Waals surface area contributed by atoms with Gasteiger partial charge in [0.1, 0.15) is 5.75 Å². The molecule has 4 heteroatoms. The van der Waals surface area contributed by atoms with Crippen LogP contribution < -0.4 is 0 Å². The van der Waals surface area contributed by atoms with Crippen LogP contribution >= 0.6 is 11.3 Å². The number of nitrogens with zero attached hydrogens (tertiary/aromatic N) is 2. The minimum absolute atomic E-state index is 0.485. The third-order valence-corrected chi connectivity index (χ3v) is 7.13. The van der Waals surface area contributed by atoms with Crippen LogP contribution in [0.4, 0.5) is 0 Å². The molecule has 0 saturated carbocycles. The summed E-state index contributed by atoms with van der Waals surface area (Å²) in [5.41, 5.74) is 5.03. The highest BCUT2D eigenvalue weighted by Crippen LogP contribution is 2.35. The zero-order chi connectivity index (χ0) is 17.5. The summed E-state index contributed by atoms with van der Waals surface area (Å²) < 4.78 is 1.30. The quantitative estimate of drug-likeness (QED) is 0.720. The normalized spacial score (nSPS) is 18.5. The molecule has 0 unspecified atom stereocenters. The van der Waals surface area contributed by atoms with Crippen LogP contribution in [0.5, 0.6) is 5.75 Å². The lowest BCUT2D eigenvalue weighted by atomic mass is 9.96. The SMILES string of the molecule is Oc1cc2c(cc1CN1CCC(c3nc4ccccc4s3)CC1)CCC2. The first-order valence-electron chi connectivity index (χ1n) is 9.68. The lowest BCUT2D eigenvalue weighted by Crippen LogP contribution is -2.32. The molecule has 0 amide bonds. The monoisotopic (exact) mass is 364 g/mol. The van der Waals surface area contributed by atoms with Crippen molar-refractivity contribution in [2.45, 2.75) is 44.6 Å². The van der Waals surface area contributed by atoms with E-state index >= 15 is 0 Å². The molecule has 1 aliphatic heterocycles. The van der Waals surface area contributed by atoms with E-state index in [2.05, 4.69) is 35.2 Å². The smallest absolute Gasteiger partial charge is 0.120 e. The fraction of sp³-hybridized carbons (Fsp3) is 0.409. The Morgan fingerprint density at radius 1 is 1.08 bits per heavy atom. The molecule has 0 bridgehead atoms. The van der Waals surface area contributed by atoms with Crippen LogP contribution in [0, 0.1) is 0 Å². The highest BCUT2D eigenvalue weighted by molar-refractivity contribution is 7.18. The number of rotatable bonds is 3. The molecule has 1 aliphatic carbocycles. The maximum atomic E-state index is 10.4. The second kappa shape index (κ2) is 6.67. The molecular formula is C22H24N2OS. The van der Waals surface area contributed by atoms with Crippen molar-refractivity contribution < 1.29 is 5.11 Å². The number of aromatic hydroxyl groups is 1. The van der Waals surface area contributed by atoms with Crippen LogP contribution in [-0.4, -0.2) is 28.1 Å². The maximum Gasteiger partial charge on any atom is 0.120 e. The minimum atomic E-state index is 0.485. The molecule has 1 fully saturated rings. The zero-order valence-electron chi connectivity index (χ0n) is 14.9. The van der Waals surface area contributed by atoms with E-state index in [1.807, 2.05) is 17.4 Å². The van der Waals surface area contributed by atoms with Gasteiger partial charge in [-0.3, -0.25) is 4.90 Å². The number of piperidine rings is 1. The van der Waals surface area contributed by atoms with Gasteiger partial charge < -0.3 is 5.11 Å². The van der Waals surface area contributed by atoms with Gasteiger partial charge in [0.25, 0.3) is 0 Å². The van der Waals surface area contributed by atoms with Crippen molar-refractivity contribution in [2.75, 3.05) is 13.1 Å². The topological polar surface area (TPSA) is 36.4 Å². The summed E-state index contributed by atoms with van der Waals surface area (Å²) >= 11 is 1.86. The second-order valence-corrected chi connectivity index (χ2v) is 8.74. The van der Waals surface area contributed by atoms with Gasteiger partial charge in [0.05, 0.1) is 15.2 Å². The Balaban J connectivity index is 1.26. The van der Waals surface area contributed by atoms with Gasteiger partial charge >= 0.3 is 0 Å². The lowest BCUT2D eigenvalue weighted by molar-refractivity contribution is 0.202. The molecule has 2 aromatic carbocycles. The number of likely N-dealkylation sites (tertiary alicyclic amines) is 1. The fourth-order valence-electron chi connectivity index (χ4n) is 4.43. The first-order valence-corrected chi connectivity index (χ1v) is 10.5. The van der Waals surface area contributed by atoms with E-state index in [9.17, 15) is 5.11 Å². The largest absolute Gasteiger partial charge is 0.508 e. The van der Waals surface area contributed by atoms with E-state index in [0.29, 0.717) is 11.7 Å². The number of fused-ring (bicyclic) bond motifs is 2. The van der Waals surface area contributed by atoms with Crippen LogP contribution in [0.25, 0.3) is 10.2 Å². The summed E-state index contributed by atoms with van der Waals surface area (Å²) in [5.74, 6) is 1.07. The van der Waals surface area contributed by atoms with Gasteiger partial charge in [0, 0.05) is 18.0 Å². The van der Waals surface area contributed by atoms with Crippen LogP contribution in [-0.2, 0) is 19.4 Å². The van der Waals surface area contributed by atoms with Crippen LogP contribution in [0.3, 0.4) is 0 Å². The third-order valence-electron chi connectivity index (χ3n) is 5.93. The number of para-hydroxylation sites is 1. The van der Waals surface area contributed by atoms with Gasteiger partial charge in [-0.15, -0.1) is 11.3 Å². The summed E-state index contributed by atoms with van der Waals surface area (Å²) in [6, 6.07) is 12.7. The number of phenols is 1. The Hall–Kier alpha value is -1.91. The van der Waals surface area contributed by atoms with Gasteiger partial charge in [-0.2, -0.15) is 0 Å².